The van der Waals surface area contributed by atoms with E-state index in [4.69, 9.17) is 22.6 Å². The highest BCUT2D eigenvalue weighted by molar-refractivity contribution is 7.79. The van der Waals surface area contributed by atoms with Crippen molar-refractivity contribution >= 4 is 10.4 Å². The van der Waals surface area contributed by atoms with Crippen LogP contribution in [0.2, 0.25) is 0 Å². The van der Waals surface area contributed by atoms with Crippen molar-refractivity contribution in [3.05, 3.63) is 0 Å². The van der Waals surface area contributed by atoms with E-state index >= 15 is 0 Å². The van der Waals surface area contributed by atoms with Gasteiger partial charge in [0.2, 0.25) is 0 Å². The second kappa shape index (κ2) is 16.7. The van der Waals surface area contributed by atoms with Crippen LogP contribution in [0.15, 0.2) is 0 Å². The second-order valence-electron chi connectivity index (χ2n) is 6.64. The summed E-state index contributed by atoms with van der Waals surface area (Å²) < 4.78 is 34.1. The van der Waals surface area contributed by atoms with Gasteiger partial charge in [-0.05, 0) is 18.3 Å². The molecule has 0 rings (SSSR count). The average Bonchev–Trinajstić information content (AvgIpc) is 2.45. The predicted molar refractivity (Wildman–Crippen MR) is 92.3 cm³/mol. The summed E-state index contributed by atoms with van der Waals surface area (Å²) in [5, 5.41) is 8.92. The maximum Gasteiger partial charge on any atom is 0.0456 e. The Morgan fingerprint density at radius 2 is 1.13 bits per heavy atom. The van der Waals surface area contributed by atoms with Gasteiger partial charge in [-0.15, -0.1) is 0 Å². The lowest BCUT2D eigenvalue weighted by Gasteiger charge is -2.10. The Morgan fingerprint density at radius 1 is 0.783 bits per heavy atom. The summed E-state index contributed by atoms with van der Waals surface area (Å²) in [5.74, 6) is 1.44. The first-order valence-corrected chi connectivity index (χ1v) is 10.3. The molecular formula is C17H36O5S-2. The summed E-state index contributed by atoms with van der Waals surface area (Å²) in [7, 11) is -5.17. The van der Waals surface area contributed by atoms with Crippen molar-refractivity contribution in [3.63, 3.8) is 0 Å². The molecule has 0 aliphatic rings. The van der Waals surface area contributed by atoms with E-state index in [9.17, 15) is 0 Å². The van der Waals surface area contributed by atoms with Crippen LogP contribution in [-0.4, -0.2) is 29.2 Å². The Balaban J connectivity index is 0. The van der Waals surface area contributed by atoms with Gasteiger partial charge in [-0.2, -0.15) is 0 Å². The third-order valence-electron chi connectivity index (χ3n) is 4.01. The van der Waals surface area contributed by atoms with Crippen LogP contribution in [0, 0.1) is 11.8 Å². The molecule has 0 spiro atoms. The lowest BCUT2D eigenvalue weighted by Crippen LogP contribution is -1.99. The molecule has 0 aromatic carbocycles. The fourth-order valence-electron chi connectivity index (χ4n) is 2.48. The van der Waals surface area contributed by atoms with E-state index < -0.39 is 10.4 Å². The van der Waals surface area contributed by atoms with Crippen LogP contribution in [0.1, 0.15) is 91.4 Å². The Hall–Kier alpha value is -0.170. The molecule has 2 unspecified atom stereocenters. The van der Waals surface area contributed by atoms with Crippen LogP contribution in [0.4, 0.5) is 0 Å². The molecule has 0 amide bonds. The Kier molecular flexibility index (Phi) is 18.2. The average molecular weight is 353 g/mol. The summed E-state index contributed by atoms with van der Waals surface area (Å²) in [6, 6.07) is 0. The highest BCUT2D eigenvalue weighted by Gasteiger charge is 2.01. The third-order valence-corrected chi connectivity index (χ3v) is 4.01. The second-order valence-corrected chi connectivity index (χ2v) is 7.46. The SMILES string of the molecule is CCCCC(C)CCCCCCCCC(C)CO.O=S(=O)([O-])[O-]. The van der Waals surface area contributed by atoms with E-state index in [1.54, 1.807) is 0 Å². The van der Waals surface area contributed by atoms with Gasteiger partial charge < -0.3 is 14.2 Å². The van der Waals surface area contributed by atoms with E-state index in [0.717, 1.165) is 5.92 Å². The molecule has 0 heterocycles. The number of hydrogen-bond donors (Lipinski definition) is 1. The molecule has 0 bridgehead atoms. The van der Waals surface area contributed by atoms with Crippen molar-refractivity contribution in [2.24, 2.45) is 11.8 Å². The van der Waals surface area contributed by atoms with E-state index in [1.807, 2.05) is 0 Å². The minimum absolute atomic E-state index is 0.357. The summed E-state index contributed by atoms with van der Waals surface area (Å²) in [5.41, 5.74) is 0. The number of aliphatic hydroxyl groups excluding tert-OH is 1. The van der Waals surface area contributed by atoms with Crippen LogP contribution in [0.25, 0.3) is 0 Å². The first-order valence-electron chi connectivity index (χ1n) is 8.98. The number of unbranched alkanes of at least 4 members (excludes halogenated alkanes) is 6. The molecule has 0 fully saturated rings. The van der Waals surface area contributed by atoms with Gasteiger partial charge in [-0.25, -0.2) is 0 Å². The van der Waals surface area contributed by atoms with E-state index in [0.29, 0.717) is 12.5 Å². The molecule has 5 nitrogen and oxygen atoms in total. The van der Waals surface area contributed by atoms with Crippen molar-refractivity contribution in [2.45, 2.75) is 91.4 Å². The predicted octanol–water partition coefficient (Wildman–Crippen LogP) is 4.22. The van der Waals surface area contributed by atoms with Crippen LogP contribution in [0.3, 0.4) is 0 Å². The molecule has 1 N–H and O–H groups in total. The fourth-order valence-corrected chi connectivity index (χ4v) is 2.48. The number of hydrogen-bond acceptors (Lipinski definition) is 5. The monoisotopic (exact) mass is 352 g/mol. The van der Waals surface area contributed by atoms with E-state index in [-0.39, 0.29) is 0 Å². The molecule has 0 saturated heterocycles. The standard InChI is InChI=1S/C17H36O.H2O4S/c1-4-5-12-16(2)13-10-8-6-7-9-11-14-17(3)15-18;1-5(2,3)4/h16-18H,4-15H2,1-3H3;(H2,1,2,3,4)/p-2. The zero-order valence-electron chi connectivity index (χ0n) is 15.1. The van der Waals surface area contributed by atoms with Gasteiger partial charge in [0, 0.05) is 17.0 Å². The van der Waals surface area contributed by atoms with Crippen molar-refractivity contribution in [1.29, 1.82) is 0 Å². The maximum absolute atomic E-state index is 8.92. The Morgan fingerprint density at radius 3 is 1.52 bits per heavy atom. The summed E-state index contributed by atoms with van der Waals surface area (Å²) in [6.07, 6.45) is 15.1. The molecule has 2 atom stereocenters. The van der Waals surface area contributed by atoms with Crippen LogP contribution in [0.5, 0.6) is 0 Å². The molecule has 0 aromatic rings. The molecule has 0 saturated carbocycles. The molecule has 0 aliphatic carbocycles. The zero-order valence-corrected chi connectivity index (χ0v) is 15.9. The van der Waals surface area contributed by atoms with Gasteiger partial charge in [0.05, 0.1) is 0 Å². The van der Waals surface area contributed by atoms with E-state index in [1.165, 1.54) is 70.6 Å². The summed E-state index contributed by atoms with van der Waals surface area (Å²) in [4.78, 5) is 0. The van der Waals surface area contributed by atoms with Crippen molar-refractivity contribution in [2.75, 3.05) is 6.61 Å². The van der Waals surface area contributed by atoms with Crippen LogP contribution >= 0.6 is 0 Å². The van der Waals surface area contributed by atoms with Crippen LogP contribution < -0.4 is 0 Å². The van der Waals surface area contributed by atoms with Crippen molar-refractivity contribution in [3.8, 4) is 0 Å². The maximum atomic E-state index is 8.92. The number of aliphatic hydroxyl groups is 1. The summed E-state index contributed by atoms with van der Waals surface area (Å²) in [6.45, 7) is 7.18. The lowest BCUT2D eigenvalue weighted by molar-refractivity contribution is 0.227. The van der Waals surface area contributed by atoms with Crippen LogP contribution in [-0.2, 0) is 10.4 Å². The number of rotatable bonds is 13. The topological polar surface area (TPSA) is 100 Å². The highest BCUT2D eigenvalue weighted by atomic mass is 32.3. The van der Waals surface area contributed by atoms with Gasteiger partial charge in [0.1, 0.15) is 0 Å². The minimum Gasteiger partial charge on any atom is -0.759 e. The zero-order chi connectivity index (χ0) is 18.1. The third kappa shape index (κ3) is 30.3. The van der Waals surface area contributed by atoms with Gasteiger partial charge in [-0.1, -0.05) is 85.0 Å². The van der Waals surface area contributed by atoms with Gasteiger partial charge in [0.25, 0.3) is 0 Å². The summed E-state index contributed by atoms with van der Waals surface area (Å²) >= 11 is 0. The van der Waals surface area contributed by atoms with E-state index in [2.05, 4.69) is 20.8 Å². The largest absolute Gasteiger partial charge is 0.759 e. The molecule has 23 heavy (non-hydrogen) atoms. The smallest absolute Gasteiger partial charge is 0.0456 e. The van der Waals surface area contributed by atoms with Gasteiger partial charge in [0.15, 0.2) is 0 Å². The molecule has 6 heteroatoms. The molecule has 0 aliphatic heterocycles. The Bertz CT molecular complexity index is 322. The van der Waals surface area contributed by atoms with Crippen molar-refractivity contribution < 1.29 is 22.6 Å². The highest BCUT2D eigenvalue weighted by Crippen LogP contribution is 2.17. The molecule has 0 aromatic heterocycles. The molecule has 142 valence electrons. The first kappa shape index (κ1) is 25.1. The van der Waals surface area contributed by atoms with Gasteiger partial charge >= 0.3 is 0 Å². The Labute approximate surface area is 143 Å². The lowest BCUT2D eigenvalue weighted by atomic mass is 9.96. The quantitative estimate of drug-likeness (QED) is 0.304. The minimum atomic E-state index is -5.17. The first-order chi connectivity index (χ1) is 10.7. The van der Waals surface area contributed by atoms with Crippen molar-refractivity contribution in [1.82, 2.24) is 0 Å². The normalized spacial score (nSPS) is 14.0. The molecule has 0 radical (unpaired) electrons. The molecular weight excluding hydrogens is 316 g/mol. The fraction of sp³-hybridized carbons (Fsp3) is 1.00. The van der Waals surface area contributed by atoms with Gasteiger partial charge in [-0.3, -0.25) is 8.42 Å².